The maximum absolute atomic E-state index is 13.7. The van der Waals surface area contributed by atoms with Gasteiger partial charge < -0.3 is 14.2 Å². The average Bonchev–Trinajstić information content (AvgIpc) is 2.76. The summed E-state index contributed by atoms with van der Waals surface area (Å²) in [6, 6.07) is 10.1. The molecule has 0 fully saturated rings. The van der Waals surface area contributed by atoms with Gasteiger partial charge in [0, 0.05) is 18.2 Å². The van der Waals surface area contributed by atoms with Crippen molar-refractivity contribution in [1.29, 1.82) is 0 Å². The molecule has 3 rings (SSSR count). The molecule has 1 aromatic heterocycles. The average molecular weight is 415 g/mol. The Balaban J connectivity index is 2.29. The summed E-state index contributed by atoms with van der Waals surface area (Å²) in [6.45, 7) is -0.261. The third-order valence-corrected chi connectivity index (χ3v) is 4.01. The van der Waals surface area contributed by atoms with Crippen LogP contribution in [0.2, 0.25) is 0 Å². The zero-order valence-corrected chi connectivity index (χ0v) is 16.0. The lowest BCUT2D eigenvalue weighted by molar-refractivity contribution is -0.137. The minimum Gasteiger partial charge on any atom is -0.467 e. The molecule has 0 saturated carbocycles. The minimum atomic E-state index is -4.68. The lowest BCUT2D eigenvalue weighted by Crippen LogP contribution is -2.12. The predicted molar refractivity (Wildman–Crippen MR) is 103 cm³/mol. The van der Waals surface area contributed by atoms with Crippen LogP contribution in [0.5, 0.6) is 11.8 Å². The molecule has 0 atom stereocenters. The lowest BCUT2D eigenvalue weighted by Gasteiger charge is -2.17. The third kappa shape index (κ3) is 4.34. The SMILES string of the molecule is C#Cc1ccccc1-c1nc(OC)nc(-c2c(OCOC)cccc2C(F)(F)F)n1. The normalized spacial score (nSPS) is 11.1. The molecule has 0 radical (unpaired) electrons. The number of nitrogens with zero attached hydrogens (tertiary/aromatic N) is 3. The molecule has 154 valence electrons. The fourth-order valence-corrected chi connectivity index (χ4v) is 2.72. The van der Waals surface area contributed by atoms with E-state index in [4.69, 9.17) is 20.6 Å². The van der Waals surface area contributed by atoms with Gasteiger partial charge in [0.05, 0.1) is 18.2 Å². The van der Waals surface area contributed by atoms with Gasteiger partial charge in [-0.2, -0.15) is 23.1 Å². The quantitative estimate of drug-likeness (QED) is 0.444. The number of methoxy groups -OCH3 is 2. The van der Waals surface area contributed by atoms with E-state index in [1.807, 2.05) is 0 Å². The molecule has 0 spiro atoms. The summed E-state index contributed by atoms with van der Waals surface area (Å²) in [5.74, 6) is 2.20. The van der Waals surface area contributed by atoms with Crippen LogP contribution in [0, 0.1) is 12.3 Å². The van der Waals surface area contributed by atoms with Crippen molar-refractivity contribution in [1.82, 2.24) is 15.0 Å². The van der Waals surface area contributed by atoms with Gasteiger partial charge in [0.1, 0.15) is 5.75 Å². The zero-order valence-electron chi connectivity index (χ0n) is 16.0. The van der Waals surface area contributed by atoms with Crippen molar-refractivity contribution in [2.45, 2.75) is 6.18 Å². The number of aromatic nitrogens is 3. The molecule has 9 heteroatoms. The molecule has 0 aliphatic carbocycles. The fourth-order valence-electron chi connectivity index (χ4n) is 2.72. The molecule has 0 saturated heterocycles. The van der Waals surface area contributed by atoms with Gasteiger partial charge in [-0.3, -0.25) is 0 Å². The van der Waals surface area contributed by atoms with Gasteiger partial charge in [0.15, 0.2) is 18.4 Å². The van der Waals surface area contributed by atoms with Gasteiger partial charge in [-0.15, -0.1) is 6.42 Å². The first kappa shape index (κ1) is 21.1. The molecule has 1 heterocycles. The molecule has 0 amide bonds. The second kappa shape index (κ2) is 8.80. The molecule has 0 unspecified atom stereocenters. The van der Waals surface area contributed by atoms with Crippen molar-refractivity contribution in [2.24, 2.45) is 0 Å². The first-order valence-corrected chi connectivity index (χ1v) is 8.57. The van der Waals surface area contributed by atoms with Crippen LogP contribution >= 0.6 is 0 Å². The Hall–Kier alpha value is -3.64. The van der Waals surface area contributed by atoms with Crippen LogP contribution in [-0.2, 0) is 10.9 Å². The number of ether oxygens (including phenoxy) is 3. The fraction of sp³-hybridized carbons (Fsp3) is 0.190. The summed E-state index contributed by atoms with van der Waals surface area (Å²) < 4.78 is 56.5. The molecule has 0 bridgehead atoms. The molecule has 0 aliphatic heterocycles. The maximum atomic E-state index is 13.7. The van der Waals surface area contributed by atoms with Crippen LogP contribution < -0.4 is 9.47 Å². The van der Waals surface area contributed by atoms with Gasteiger partial charge in [0.25, 0.3) is 0 Å². The lowest BCUT2D eigenvalue weighted by atomic mass is 10.0. The van der Waals surface area contributed by atoms with Gasteiger partial charge in [-0.1, -0.05) is 24.1 Å². The monoisotopic (exact) mass is 415 g/mol. The number of hydrogen-bond donors (Lipinski definition) is 0. The van der Waals surface area contributed by atoms with E-state index >= 15 is 0 Å². The van der Waals surface area contributed by atoms with E-state index < -0.39 is 11.7 Å². The number of halogens is 3. The molecule has 6 nitrogen and oxygen atoms in total. The third-order valence-electron chi connectivity index (χ3n) is 4.01. The molecular formula is C21H16F3N3O3. The predicted octanol–water partition coefficient (Wildman–Crippen LogP) is 4.20. The summed E-state index contributed by atoms with van der Waals surface area (Å²) >= 11 is 0. The van der Waals surface area contributed by atoms with Crippen LogP contribution in [0.3, 0.4) is 0 Å². The van der Waals surface area contributed by atoms with Gasteiger partial charge >= 0.3 is 12.2 Å². The Bertz CT molecular complexity index is 1090. The van der Waals surface area contributed by atoms with Crippen molar-refractivity contribution in [3.05, 3.63) is 53.6 Å². The Morgan fingerprint density at radius 2 is 1.70 bits per heavy atom. The number of terminal acetylenes is 1. The van der Waals surface area contributed by atoms with E-state index in [1.165, 1.54) is 26.4 Å². The number of rotatable bonds is 6. The number of alkyl halides is 3. The number of hydrogen-bond acceptors (Lipinski definition) is 6. The highest BCUT2D eigenvalue weighted by atomic mass is 19.4. The first-order chi connectivity index (χ1) is 14.4. The van der Waals surface area contributed by atoms with Crippen molar-refractivity contribution in [2.75, 3.05) is 21.0 Å². The van der Waals surface area contributed by atoms with E-state index in [0.29, 0.717) is 11.1 Å². The van der Waals surface area contributed by atoms with Gasteiger partial charge in [-0.25, -0.2) is 4.98 Å². The standard InChI is InChI=1S/C21H16F3N3O3/c1-4-13-8-5-6-9-14(13)18-25-19(27-20(26-18)29-3)17-15(21(22,23)24)10-7-11-16(17)30-12-28-2/h1,5-11H,12H2,2-3H3. The van der Waals surface area contributed by atoms with Crippen molar-refractivity contribution in [3.63, 3.8) is 0 Å². The van der Waals surface area contributed by atoms with Gasteiger partial charge in [0.2, 0.25) is 0 Å². The molecule has 0 aliphatic rings. The molecule has 0 N–H and O–H groups in total. The Kier molecular flexibility index (Phi) is 6.18. The summed E-state index contributed by atoms with van der Waals surface area (Å²) in [5, 5.41) is 0. The van der Waals surface area contributed by atoms with Crippen molar-refractivity contribution >= 4 is 0 Å². The highest BCUT2D eigenvalue weighted by Crippen LogP contribution is 2.41. The van der Waals surface area contributed by atoms with Gasteiger partial charge in [-0.05, 0) is 24.3 Å². The second-order valence-corrected chi connectivity index (χ2v) is 5.89. The van der Waals surface area contributed by atoms with Crippen molar-refractivity contribution < 1.29 is 27.4 Å². The molecule has 30 heavy (non-hydrogen) atoms. The van der Waals surface area contributed by atoms with Crippen LogP contribution in [0.4, 0.5) is 13.2 Å². The van der Waals surface area contributed by atoms with E-state index in [0.717, 1.165) is 6.07 Å². The van der Waals surface area contributed by atoms with Crippen LogP contribution in [0.15, 0.2) is 42.5 Å². The summed E-state index contributed by atoms with van der Waals surface area (Å²) in [5.41, 5.74) is -0.412. The van der Waals surface area contributed by atoms with E-state index in [9.17, 15) is 13.2 Å². The summed E-state index contributed by atoms with van der Waals surface area (Å²) in [6.07, 6.45) is 0.851. The van der Waals surface area contributed by atoms with E-state index in [2.05, 4.69) is 20.9 Å². The smallest absolute Gasteiger partial charge is 0.417 e. The maximum Gasteiger partial charge on any atom is 0.417 e. The summed E-state index contributed by atoms with van der Waals surface area (Å²) in [7, 11) is 2.65. The Labute approximate surface area is 170 Å². The largest absolute Gasteiger partial charge is 0.467 e. The Morgan fingerprint density at radius 1 is 0.967 bits per heavy atom. The molecular weight excluding hydrogens is 399 g/mol. The Morgan fingerprint density at radius 3 is 2.37 bits per heavy atom. The van der Waals surface area contributed by atoms with Crippen molar-refractivity contribution in [3.8, 4) is 46.9 Å². The van der Waals surface area contributed by atoms with Crippen LogP contribution in [0.1, 0.15) is 11.1 Å². The topological polar surface area (TPSA) is 66.4 Å². The number of benzene rings is 2. The van der Waals surface area contributed by atoms with E-state index in [-0.39, 0.29) is 35.8 Å². The molecule has 2 aromatic carbocycles. The second-order valence-electron chi connectivity index (χ2n) is 5.89. The van der Waals surface area contributed by atoms with Crippen LogP contribution in [0.25, 0.3) is 22.8 Å². The minimum absolute atomic E-state index is 0.0695. The van der Waals surface area contributed by atoms with E-state index in [1.54, 1.807) is 24.3 Å². The highest BCUT2D eigenvalue weighted by molar-refractivity contribution is 5.72. The zero-order chi connectivity index (χ0) is 21.7. The highest BCUT2D eigenvalue weighted by Gasteiger charge is 2.36. The summed E-state index contributed by atoms with van der Waals surface area (Å²) in [4.78, 5) is 12.4. The van der Waals surface area contributed by atoms with Crippen LogP contribution in [-0.4, -0.2) is 36.0 Å². The first-order valence-electron chi connectivity index (χ1n) is 8.57. The molecule has 3 aromatic rings.